The number of benzene rings is 2. The third-order valence-electron chi connectivity index (χ3n) is 5.85. The molecule has 0 fully saturated rings. The average Bonchev–Trinajstić information content (AvgIpc) is 3.27. The first-order valence-electron chi connectivity index (χ1n) is 11.1. The van der Waals surface area contributed by atoms with Gasteiger partial charge in [0.1, 0.15) is 6.54 Å². The van der Waals surface area contributed by atoms with E-state index in [-0.39, 0.29) is 30.3 Å². The van der Waals surface area contributed by atoms with E-state index in [0.717, 1.165) is 17.5 Å². The highest BCUT2D eigenvalue weighted by Crippen LogP contribution is 2.41. The van der Waals surface area contributed by atoms with E-state index in [9.17, 15) is 9.59 Å². The molecule has 3 aromatic rings. The Labute approximate surface area is 219 Å². The van der Waals surface area contributed by atoms with Gasteiger partial charge >= 0.3 is 0 Å². The summed E-state index contributed by atoms with van der Waals surface area (Å²) in [7, 11) is 0. The molecule has 0 saturated heterocycles. The van der Waals surface area contributed by atoms with Crippen molar-refractivity contribution in [2.45, 2.75) is 26.3 Å². The first-order chi connectivity index (χ1) is 16.3. The Morgan fingerprint density at radius 1 is 1.06 bits per heavy atom. The lowest BCUT2D eigenvalue weighted by Crippen LogP contribution is -2.47. The third-order valence-corrected chi connectivity index (χ3v) is 7.73. The number of rotatable bonds is 6. The number of hydrogen-bond acceptors (Lipinski definition) is 3. The Morgan fingerprint density at radius 3 is 2.53 bits per heavy atom. The average molecular weight is 536 g/mol. The Morgan fingerprint density at radius 2 is 1.82 bits per heavy atom. The highest BCUT2D eigenvalue weighted by molar-refractivity contribution is 7.10. The molecule has 2 amide bonds. The van der Waals surface area contributed by atoms with Crippen LogP contribution in [0.15, 0.2) is 53.9 Å². The van der Waals surface area contributed by atoms with Gasteiger partial charge in [-0.1, -0.05) is 66.8 Å². The van der Waals surface area contributed by atoms with Crippen LogP contribution < -0.4 is 0 Å². The molecule has 2 heterocycles. The van der Waals surface area contributed by atoms with E-state index < -0.39 is 0 Å². The molecule has 34 heavy (non-hydrogen) atoms. The summed E-state index contributed by atoms with van der Waals surface area (Å²) in [6.45, 7) is 4.99. The second kappa shape index (κ2) is 10.7. The van der Waals surface area contributed by atoms with E-state index in [1.165, 1.54) is 4.88 Å². The number of fused-ring (bicyclic) bond motifs is 1. The molecule has 4 rings (SSSR count). The Bertz CT molecular complexity index is 1210. The molecule has 1 aliphatic heterocycles. The molecule has 1 aromatic heterocycles. The molecular formula is C26H25Cl3N2O2S. The van der Waals surface area contributed by atoms with Gasteiger partial charge in [0.25, 0.3) is 5.91 Å². The number of nitrogens with zero attached hydrogens (tertiary/aromatic N) is 2. The normalized spacial score (nSPS) is 15.4. The minimum atomic E-state index is -0.330. The Balaban J connectivity index is 1.66. The zero-order valence-electron chi connectivity index (χ0n) is 18.9. The van der Waals surface area contributed by atoms with E-state index >= 15 is 0 Å². The molecular weight excluding hydrogens is 511 g/mol. The van der Waals surface area contributed by atoms with Gasteiger partial charge in [0.15, 0.2) is 0 Å². The summed E-state index contributed by atoms with van der Waals surface area (Å²) in [6.07, 6.45) is 0.767. The maximum absolute atomic E-state index is 13.7. The highest BCUT2D eigenvalue weighted by atomic mass is 35.5. The van der Waals surface area contributed by atoms with Crippen LogP contribution in [-0.4, -0.2) is 41.2 Å². The van der Waals surface area contributed by atoms with Gasteiger partial charge < -0.3 is 9.80 Å². The molecule has 1 atom stereocenters. The maximum atomic E-state index is 13.7. The quantitative estimate of drug-likeness (QED) is 0.342. The SMILES string of the molecule is CC(C)CN(CC(=O)N1CCc2sccc2C1c1ccc(Cl)cc1Cl)C(=O)c1ccccc1Cl. The molecule has 0 radical (unpaired) electrons. The van der Waals surface area contributed by atoms with E-state index in [1.54, 1.807) is 52.6 Å². The van der Waals surface area contributed by atoms with Crippen molar-refractivity contribution >= 4 is 58.0 Å². The van der Waals surface area contributed by atoms with Gasteiger partial charge in [-0.25, -0.2) is 0 Å². The number of hydrogen-bond donors (Lipinski definition) is 0. The smallest absolute Gasteiger partial charge is 0.255 e. The number of amides is 2. The van der Waals surface area contributed by atoms with Crippen molar-refractivity contribution in [3.63, 3.8) is 0 Å². The van der Waals surface area contributed by atoms with Crippen LogP contribution in [0.1, 0.15) is 46.3 Å². The standard InChI is InChI=1S/C26H25Cl3N2O2S/c1-16(2)14-30(26(33)19-5-3-4-6-21(19)28)15-24(32)31-11-9-23-20(10-12-34-23)25(31)18-8-7-17(27)13-22(18)29/h3-8,10,12-13,16,25H,9,11,14-15H2,1-2H3. The zero-order valence-corrected chi connectivity index (χ0v) is 22.0. The maximum Gasteiger partial charge on any atom is 0.255 e. The number of halogens is 3. The van der Waals surface area contributed by atoms with Crippen molar-refractivity contribution in [1.29, 1.82) is 0 Å². The summed E-state index contributed by atoms with van der Waals surface area (Å²) in [5, 5.41) is 3.48. The van der Waals surface area contributed by atoms with Crippen LogP contribution in [0.2, 0.25) is 15.1 Å². The number of carbonyl (C=O) groups excluding carboxylic acids is 2. The van der Waals surface area contributed by atoms with Crippen molar-refractivity contribution in [2.24, 2.45) is 5.92 Å². The number of thiophene rings is 1. The predicted molar refractivity (Wildman–Crippen MR) is 140 cm³/mol. The van der Waals surface area contributed by atoms with Crippen LogP contribution in [0.5, 0.6) is 0 Å². The van der Waals surface area contributed by atoms with Gasteiger partial charge in [-0.3, -0.25) is 9.59 Å². The van der Waals surface area contributed by atoms with Crippen molar-refractivity contribution in [3.05, 3.63) is 90.5 Å². The molecule has 0 N–H and O–H groups in total. The fourth-order valence-corrected chi connectivity index (χ4v) is 6.00. The van der Waals surface area contributed by atoms with E-state index in [1.807, 2.05) is 30.2 Å². The summed E-state index contributed by atoms with van der Waals surface area (Å²) in [5.74, 6) is -0.193. The molecule has 0 bridgehead atoms. The largest absolute Gasteiger partial charge is 0.330 e. The molecule has 0 spiro atoms. The molecule has 178 valence electrons. The first kappa shape index (κ1) is 25.1. The van der Waals surface area contributed by atoms with Crippen LogP contribution >= 0.6 is 46.1 Å². The topological polar surface area (TPSA) is 40.6 Å². The van der Waals surface area contributed by atoms with E-state index in [2.05, 4.69) is 6.07 Å². The van der Waals surface area contributed by atoms with Gasteiger partial charge in [-0.05, 0) is 59.2 Å². The minimum absolute atomic E-state index is 0.0383. The molecule has 4 nitrogen and oxygen atoms in total. The summed E-state index contributed by atoms with van der Waals surface area (Å²) < 4.78 is 0. The number of carbonyl (C=O) groups is 2. The van der Waals surface area contributed by atoms with Crippen LogP contribution in [0.4, 0.5) is 0 Å². The predicted octanol–water partition coefficient (Wildman–Crippen LogP) is 6.98. The van der Waals surface area contributed by atoms with Gasteiger partial charge in [-0.15, -0.1) is 11.3 Å². The van der Waals surface area contributed by atoms with Crippen LogP contribution in [0.3, 0.4) is 0 Å². The summed E-state index contributed by atoms with van der Waals surface area (Å²) in [5.41, 5.74) is 2.29. The second-order valence-electron chi connectivity index (χ2n) is 8.76. The summed E-state index contributed by atoms with van der Waals surface area (Å²) in [6, 6.07) is 14.0. The van der Waals surface area contributed by atoms with Gasteiger partial charge in [-0.2, -0.15) is 0 Å². The fraction of sp³-hybridized carbons (Fsp3) is 0.308. The summed E-state index contributed by atoms with van der Waals surface area (Å²) >= 11 is 20.7. The summed E-state index contributed by atoms with van der Waals surface area (Å²) in [4.78, 5) is 31.8. The van der Waals surface area contributed by atoms with Crippen molar-refractivity contribution in [2.75, 3.05) is 19.6 Å². The van der Waals surface area contributed by atoms with Crippen LogP contribution in [-0.2, 0) is 11.2 Å². The molecule has 8 heteroatoms. The third kappa shape index (κ3) is 5.28. The molecule has 0 aliphatic carbocycles. The highest BCUT2D eigenvalue weighted by Gasteiger charge is 2.35. The molecule has 1 unspecified atom stereocenters. The molecule has 2 aromatic carbocycles. The van der Waals surface area contributed by atoms with Crippen LogP contribution in [0, 0.1) is 5.92 Å². The van der Waals surface area contributed by atoms with Crippen LogP contribution in [0.25, 0.3) is 0 Å². The van der Waals surface area contributed by atoms with E-state index in [4.69, 9.17) is 34.8 Å². The lowest BCUT2D eigenvalue weighted by Gasteiger charge is -2.38. The van der Waals surface area contributed by atoms with Gasteiger partial charge in [0, 0.05) is 28.0 Å². The lowest BCUT2D eigenvalue weighted by molar-refractivity contribution is -0.134. The lowest BCUT2D eigenvalue weighted by atomic mass is 9.93. The van der Waals surface area contributed by atoms with Crippen molar-refractivity contribution < 1.29 is 9.59 Å². The second-order valence-corrected chi connectivity index (χ2v) is 11.0. The minimum Gasteiger partial charge on any atom is -0.330 e. The first-order valence-corrected chi connectivity index (χ1v) is 13.1. The van der Waals surface area contributed by atoms with Gasteiger partial charge in [0.05, 0.1) is 16.6 Å². The van der Waals surface area contributed by atoms with Crippen molar-refractivity contribution in [3.8, 4) is 0 Å². The van der Waals surface area contributed by atoms with E-state index in [0.29, 0.717) is 33.7 Å². The molecule has 1 aliphatic rings. The Kier molecular flexibility index (Phi) is 7.88. The van der Waals surface area contributed by atoms with Gasteiger partial charge in [0.2, 0.25) is 5.91 Å². The zero-order chi connectivity index (χ0) is 24.4. The Hall–Kier alpha value is -2.05. The molecule has 0 saturated carbocycles. The monoisotopic (exact) mass is 534 g/mol. The fourth-order valence-electron chi connectivity index (χ4n) is 4.36. The van der Waals surface area contributed by atoms with Crippen molar-refractivity contribution in [1.82, 2.24) is 9.80 Å².